The van der Waals surface area contributed by atoms with E-state index in [2.05, 4.69) is 6.92 Å². The Labute approximate surface area is 251 Å². The first-order chi connectivity index (χ1) is 19.2. The molecular weight excluding hydrogens is 518 g/mol. The van der Waals surface area contributed by atoms with Crippen LogP contribution in [0.1, 0.15) is 180 Å². The van der Waals surface area contributed by atoms with Crippen LogP contribution in [-0.2, 0) is 10.1 Å². The molecule has 40 heavy (non-hydrogen) atoms. The average molecular weight is 590 g/mol. The van der Waals surface area contributed by atoms with Crippen molar-refractivity contribution < 1.29 is 22.6 Å². The van der Waals surface area contributed by atoms with Crippen LogP contribution in [0, 0.1) is 0 Å². The smallest absolute Gasteiger partial charge is 0.116 e. The highest BCUT2D eigenvalue weighted by molar-refractivity contribution is 7.85. The lowest BCUT2D eigenvalue weighted by molar-refractivity contribution is -0.893. The molecule has 0 spiro atoms. The van der Waals surface area contributed by atoms with E-state index in [1.54, 1.807) is 0 Å². The van der Waals surface area contributed by atoms with E-state index in [0.29, 0.717) is 11.0 Å². The van der Waals surface area contributed by atoms with Crippen LogP contribution >= 0.6 is 0 Å². The highest BCUT2D eigenvalue weighted by atomic mass is 32.2. The van der Waals surface area contributed by atoms with Crippen molar-refractivity contribution in [1.82, 2.24) is 0 Å². The van der Waals surface area contributed by atoms with Crippen molar-refractivity contribution >= 4 is 10.1 Å². The maximum Gasteiger partial charge on any atom is 0.116 e. The zero-order chi connectivity index (χ0) is 29.8. The van der Waals surface area contributed by atoms with Gasteiger partial charge in [0.05, 0.1) is 36.5 Å². The second-order valence-corrected chi connectivity index (χ2v) is 14.9. The largest absolute Gasteiger partial charge is 0.748 e. The Morgan fingerprint density at radius 2 is 0.775 bits per heavy atom. The fourth-order valence-corrected chi connectivity index (χ4v) is 6.56. The number of nitrogens with zero attached hydrogens (tertiary/aromatic N) is 1. The quantitative estimate of drug-likeness (QED) is 0.0481. The van der Waals surface area contributed by atoms with Gasteiger partial charge in [0, 0.05) is 0 Å². The van der Waals surface area contributed by atoms with Crippen LogP contribution in [0.5, 0.6) is 0 Å². The lowest BCUT2D eigenvalue weighted by Gasteiger charge is -2.32. The third kappa shape index (κ3) is 32.3. The summed E-state index contributed by atoms with van der Waals surface area (Å²) in [5, 5.41) is 9.83. The summed E-state index contributed by atoms with van der Waals surface area (Å²) >= 11 is 0. The number of quaternary nitrogens is 1. The number of aliphatic hydroxyl groups is 1. The van der Waals surface area contributed by atoms with Gasteiger partial charge in [0.2, 0.25) is 0 Å². The van der Waals surface area contributed by atoms with Crippen molar-refractivity contribution in [1.29, 1.82) is 0 Å². The molecular formula is C34H71NO4S. The van der Waals surface area contributed by atoms with Gasteiger partial charge in [-0.2, -0.15) is 0 Å². The minimum atomic E-state index is -4.36. The normalized spacial score (nSPS) is 13.2. The number of hydrogen-bond donors (Lipinski definition) is 1. The summed E-state index contributed by atoms with van der Waals surface area (Å²) in [6, 6.07) is 0. The van der Waals surface area contributed by atoms with E-state index >= 15 is 0 Å². The summed E-state index contributed by atoms with van der Waals surface area (Å²) in [7, 11) is -0.390. The molecule has 0 aliphatic heterocycles. The minimum absolute atomic E-state index is 0.306. The SMILES string of the molecule is CCCCCCCCCCCCCCCCCCCCCCCCCCCCC[N+](C)(C)CC(O)CS(=O)(=O)[O-]. The predicted molar refractivity (Wildman–Crippen MR) is 173 cm³/mol. The molecule has 0 bridgehead atoms. The van der Waals surface area contributed by atoms with Gasteiger partial charge in [0.1, 0.15) is 12.6 Å². The summed E-state index contributed by atoms with van der Waals surface area (Å²) < 4.78 is 32.9. The molecule has 0 saturated carbocycles. The molecule has 0 amide bonds. The van der Waals surface area contributed by atoms with Crippen LogP contribution < -0.4 is 0 Å². The topological polar surface area (TPSA) is 77.4 Å². The second kappa shape index (κ2) is 27.7. The molecule has 0 radical (unpaired) electrons. The fourth-order valence-electron chi connectivity index (χ4n) is 5.98. The molecule has 0 fully saturated rings. The number of unbranched alkanes of at least 4 members (excludes halogenated alkanes) is 26. The van der Waals surface area contributed by atoms with Crippen molar-refractivity contribution in [2.45, 2.75) is 186 Å². The second-order valence-electron chi connectivity index (χ2n) is 13.4. The number of hydrogen-bond acceptors (Lipinski definition) is 4. The lowest BCUT2D eigenvalue weighted by atomic mass is 10.0. The molecule has 0 aromatic carbocycles. The maximum atomic E-state index is 10.8. The van der Waals surface area contributed by atoms with Crippen LogP contribution in [0.2, 0.25) is 0 Å². The summed E-state index contributed by atoms with van der Waals surface area (Å²) in [6.45, 7) is 3.50. The van der Waals surface area contributed by atoms with Crippen LogP contribution in [0.25, 0.3) is 0 Å². The first-order valence-electron chi connectivity index (χ1n) is 17.6. The first-order valence-corrected chi connectivity index (χ1v) is 19.2. The third-order valence-corrected chi connectivity index (χ3v) is 9.26. The van der Waals surface area contributed by atoms with E-state index in [0.717, 1.165) is 13.0 Å². The first kappa shape index (κ1) is 39.8. The van der Waals surface area contributed by atoms with Gasteiger partial charge in [-0.3, -0.25) is 0 Å². The monoisotopic (exact) mass is 590 g/mol. The highest BCUT2D eigenvalue weighted by Crippen LogP contribution is 2.16. The number of rotatable bonds is 32. The summed E-state index contributed by atoms with van der Waals surface area (Å²) in [6.07, 6.45) is 36.6. The van der Waals surface area contributed by atoms with Crippen molar-refractivity contribution in [3.8, 4) is 0 Å². The molecule has 1 atom stereocenters. The van der Waals surface area contributed by atoms with Gasteiger partial charge in [-0.25, -0.2) is 8.42 Å². The van der Waals surface area contributed by atoms with E-state index in [-0.39, 0.29) is 0 Å². The highest BCUT2D eigenvalue weighted by Gasteiger charge is 2.21. The molecule has 1 unspecified atom stereocenters. The minimum Gasteiger partial charge on any atom is -0.748 e. The van der Waals surface area contributed by atoms with Gasteiger partial charge < -0.3 is 14.1 Å². The summed E-state index contributed by atoms with van der Waals surface area (Å²) in [4.78, 5) is 0. The van der Waals surface area contributed by atoms with Crippen LogP contribution in [0.3, 0.4) is 0 Å². The van der Waals surface area contributed by atoms with E-state index in [1.807, 2.05) is 14.1 Å². The molecule has 242 valence electrons. The Morgan fingerprint density at radius 3 is 1.02 bits per heavy atom. The molecule has 0 aliphatic carbocycles. The molecule has 6 heteroatoms. The zero-order valence-electron chi connectivity index (χ0n) is 27.3. The van der Waals surface area contributed by atoms with Gasteiger partial charge >= 0.3 is 0 Å². The standard InChI is InChI=1S/C34H71NO4S/c1-4-5-6-7-8-9-10-11-12-13-14-15-16-17-18-19-20-21-22-23-24-25-26-27-28-29-30-31-35(2,3)32-34(36)33-40(37,38)39/h34,36H,4-33H2,1-3H3. The van der Waals surface area contributed by atoms with E-state index in [1.165, 1.54) is 167 Å². The Bertz CT molecular complexity index is 623. The Kier molecular flexibility index (Phi) is 27.5. The zero-order valence-corrected chi connectivity index (χ0v) is 28.1. The molecule has 0 saturated heterocycles. The summed E-state index contributed by atoms with van der Waals surface area (Å²) in [5.74, 6) is -0.686. The Hall–Kier alpha value is -0.170. The van der Waals surface area contributed by atoms with Gasteiger partial charge in [-0.15, -0.1) is 0 Å². The van der Waals surface area contributed by atoms with Crippen molar-refractivity contribution in [3.05, 3.63) is 0 Å². The lowest BCUT2D eigenvalue weighted by Crippen LogP contribution is -2.47. The van der Waals surface area contributed by atoms with Gasteiger partial charge in [-0.05, 0) is 12.8 Å². The molecule has 0 aliphatic rings. The average Bonchev–Trinajstić information content (AvgIpc) is 2.86. The molecule has 1 N–H and O–H groups in total. The fraction of sp³-hybridized carbons (Fsp3) is 1.00. The van der Waals surface area contributed by atoms with E-state index in [9.17, 15) is 18.1 Å². The number of likely N-dealkylation sites (N-methyl/N-ethyl adjacent to an activating group) is 1. The molecule has 0 rings (SSSR count). The van der Waals surface area contributed by atoms with Crippen molar-refractivity contribution in [2.75, 3.05) is 32.9 Å². The van der Waals surface area contributed by atoms with E-state index < -0.39 is 22.0 Å². The Morgan fingerprint density at radius 1 is 0.525 bits per heavy atom. The van der Waals surface area contributed by atoms with Crippen molar-refractivity contribution in [2.24, 2.45) is 0 Å². The molecule has 0 aromatic rings. The predicted octanol–water partition coefficient (Wildman–Crippen LogP) is 9.52. The molecule has 0 heterocycles. The van der Waals surface area contributed by atoms with E-state index in [4.69, 9.17) is 0 Å². The molecule has 5 nitrogen and oxygen atoms in total. The summed E-state index contributed by atoms with van der Waals surface area (Å²) in [5.41, 5.74) is 0. The van der Waals surface area contributed by atoms with Crippen LogP contribution in [-0.4, -0.2) is 61.6 Å². The van der Waals surface area contributed by atoms with Gasteiger partial charge in [0.15, 0.2) is 0 Å². The maximum absolute atomic E-state index is 10.8. The Balaban J connectivity index is 3.25. The van der Waals surface area contributed by atoms with Crippen molar-refractivity contribution in [3.63, 3.8) is 0 Å². The van der Waals surface area contributed by atoms with Gasteiger partial charge in [-0.1, -0.05) is 167 Å². The third-order valence-electron chi connectivity index (χ3n) is 8.47. The van der Waals surface area contributed by atoms with Crippen LogP contribution in [0.4, 0.5) is 0 Å². The number of aliphatic hydroxyl groups excluding tert-OH is 1. The van der Waals surface area contributed by atoms with Gasteiger partial charge in [0.25, 0.3) is 0 Å². The molecule has 0 aromatic heterocycles. The van der Waals surface area contributed by atoms with Crippen LogP contribution in [0.15, 0.2) is 0 Å².